The standard InChI is InChI=1S/C19H23FN2O4S/c1-5-26-19(24)16-9-13(18(27-16)22-11(3)21)10(2)17(23)12-6-7-15(25-4)14(20)8-12/h6-11,13H,5,21H2,1-4H3/b22-18+. The average Bonchev–Trinajstić information content (AvgIpc) is 3.03. The molecule has 3 unspecified atom stereocenters. The van der Waals surface area contributed by atoms with E-state index < -0.39 is 29.8 Å². The largest absolute Gasteiger partial charge is 0.494 e. The molecular formula is C19H23FN2O4S. The number of benzene rings is 1. The summed E-state index contributed by atoms with van der Waals surface area (Å²) >= 11 is 1.16. The summed E-state index contributed by atoms with van der Waals surface area (Å²) in [6.45, 7) is 5.40. The third kappa shape index (κ3) is 4.95. The summed E-state index contributed by atoms with van der Waals surface area (Å²) in [4.78, 5) is 29.6. The topological polar surface area (TPSA) is 91.0 Å². The van der Waals surface area contributed by atoms with Crippen molar-refractivity contribution in [3.63, 3.8) is 0 Å². The van der Waals surface area contributed by atoms with Crippen molar-refractivity contribution in [2.24, 2.45) is 22.6 Å². The minimum Gasteiger partial charge on any atom is -0.494 e. The highest BCUT2D eigenvalue weighted by Gasteiger charge is 2.36. The molecule has 2 N–H and O–H groups in total. The van der Waals surface area contributed by atoms with Crippen LogP contribution in [-0.4, -0.2) is 36.7 Å². The second kappa shape index (κ2) is 9.14. The van der Waals surface area contributed by atoms with E-state index >= 15 is 0 Å². The van der Waals surface area contributed by atoms with E-state index in [0.29, 0.717) is 9.95 Å². The molecule has 0 fully saturated rings. The highest BCUT2D eigenvalue weighted by molar-refractivity contribution is 8.18. The van der Waals surface area contributed by atoms with Crippen molar-refractivity contribution >= 4 is 28.6 Å². The van der Waals surface area contributed by atoms with Crippen molar-refractivity contribution in [2.45, 2.75) is 26.9 Å². The van der Waals surface area contributed by atoms with Crippen molar-refractivity contribution in [3.8, 4) is 5.75 Å². The normalized spacial score (nSPS) is 20.1. The fourth-order valence-electron chi connectivity index (χ4n) is 2.68. The number of carbonyl (C=O) groups excluding carboxylic acids is 2. The number of esters is 1. The Balaban J connectivity index is 2.31. The van der Waals surface area contributed by atoms with Gasteiger partial charge in [0.25, 0.3) is 0 Å². The molecule has 8 heteroatoms. The summed E-state index contributed by atoms with van der Waals surface area (Å²) in [5, 5.41) is 0.572. The monoisotopic (exact) mass is 394 g/mol. The first-order valence-corrected chi connectivity index (χ1v) is 9.37. The fourth-order valence-corrected chi connectivity index (χ4v) is 3.89. The number of ether oxygens (including phenoxy) is 2. The van der Waals surface area contributed by atoms with Crippen LogP contribution in [0.5, 0.6) is 5.75 Å². The zero-order chi connectivity index (χ0) is 20.1. The van der Waals surface area contributed by atoms with E-state index in [-0.39, 0.29) is 23.7 Å². The van der Waals surface area contributed by atoms with E-state index in [1.807, 2.05) is 0 Å². The lowest BCUT2D eigenvalue weighted by Crippen LogP contribution is -2.25. The number of thioether (sulfide) groups is 1. The van der Waals surface area contributed by atoms with Crippen LogP contribution >= 0.6 is 11.8 Å². The predicted molar refractivity (Wildman–Crippen MR) is 103 cm³/mol. The molecule has 0 spiro atoms. The Labute approximate surface area is 162 Å². The number of hydrogen-bond donors (Lipinski definition) is 1. The number of nitrogens with zero attached hydrogens (tertiary/aromatic N) is 1. The van der Waals surface area contributed by atoms with E-state index in [0.717, 1.165) is 17.8 Å². The molecule has 3 atom stereocenters. The molecule has 6 nitrogen and oxygen atoms in total. The molecule has 1 aromatic rings. The molecule has 0 amide bonds. The molecule has 2 rings (SSSR count). The predicted octanol–water partition coefficient (Wildman–Crippen LogP) is 3.17. The Morgan fingerprint density at radius 2 is 2.07 bits per heavy atom. The first-order valence-electron chi connectivity index (χ1n) is 8.56. The molecule has 0 radical (unpaired) electrons. The zero-order valence-corrected chi connectivity index (χ0v) is 16.5. The van der Waals surface area contributed by atoms with Gasteiger partial charge in [0.2, 0.25) is 0 Å². The number of hydrogen-bond acceptors (Lipinski definition) is 7. The molecule has 146 valence electrons. The maximum Gasteiger partial charge on any atom is 0.344 e. The van der Waals surface area contributed by atoms with Crippen molar-refractivity contribution in [3.05, 3.63) is 40.6 Å². The van der Waals surface area contributed by atoms with Gasteiger partial charge in [0.1, 0.15) is 0 Å². The van der Waals surface area contributed by atoms with Crippen LogP contribution in [0.25, 0.3) is 0 Å². The molecule has 1 aliphatic heterocycles. The fraction of sp³-hybridized carbons (Fsp3) is 0.421. The number of methoxy groups -OCH3 is 1. The van der Waals surface area contributed by atoms with Crippen LogP contribution in [0, 0.1) is 17.7 Å². The van der Waals surface area contributed by atoms with Gasteiger partial charge in [-0.25, -0.2) is 9.18 Å². The molecular weight excluding hydrogens is 371 g/mol. The van der Waals surface area contributed by atoms with E-state index in [4.69, 9.17) is 15.2 Å². The van der Waals surface area contributed by atoms with Crippen molar-refractivity contribution in [2.75, 3.05) is 13.7 Å². The SMILES string of the molecule is CCOC(=O)C1=CC(C(C)C(=O)c2ccc(OC)c(F)c2)/C(=N\C(C)N)S1. The van der Waals surface area contributed by atoms with Gasteiger partial charge in [-0.15, -0.1) is 0 Å². The van der Waals surface area contributed by atoms with E-state index in [1.54, 1.807) is 26.8 Å². The average molecular weight is 394 g/mol. The molecule has 1 aliphatic rings. The molecule has 27 heavy (non-hydrogen) atoms. The Bertz CT molecular complexity index is 792. The summed E-state index contributed by atoms with van der Waals surface area (Å²) in [5.74, 6) is -2.26. The lowest BCUT2D eigenvalue weighted by atomic mass is 9.87. The Morgan fingerprint density at radius 1 is 1.37 bits per heavy atom. The summed E-state index contributed by atoms with van der Waals surface area (Å²) in [5.41, 5.74) is 5.99. The first kappa shape index (κ1) is 21.1. The Hall–Kier alpha value is -2.19. The second-order valence-electron chi connectivity index (χ2n) is 6.09. The van der Waals surface area contributed by atoms with Crippen LogP contribution in [0.1, 0.15) is 31.1 Å². The number of halogens is 1. The van der Waals surface area contributed by atoms with E-state index in [9.17, 15) is 14.0 Å². The molecule has 0 saturated heterocycles. The highest BCUT2D eigenvalue weighted by Crippen LogP contribution is 2.38. The number of ketones is 1. The van der Waals surface area contributed by atoms with Gasteiger partial charge in [-0.2, -0.15) is 0 Å². The highest BCUT2D eigenvalue weighted by atomic mass is 32.2. The molecule has 0 bridgehead atoms. The third-order valence-electron chi connectivity index (χ3n) is 4.03. The Morgan fingerprint density at radius 3 is 2.63 bits per heavy atom. The van der Waals surface area contributed by atoms with Crippen LogP contribution in [-0.2, 0) is 9.53 Å². The van der Waals surface area contributed by atoms with Crippen LogP contribution in [0.15, 0.2) is 34.2 Å². The van der Waals surface area contributed by atoms with Crippen molar-refractivity contribution < 1.29 is 23.5 Å². The Kier molecular flexibility index (Phi) is 7.15. The van der Waals surface area contributed by atoms with Crippen LogP contribution in [0.2, 0.25) is 0 Å². The number of nitrogens with two attached hydrogens (primary N) is 1. The van der Waals surface area contributed by atoms with Gasteiger partial charge in [-0.1, -0.05) is 24.8 Å². The summed E-state index contributed by atoms with van der Waals surface area (Å²) in [6, 6.07) is 4.08. The van der Waals surface area contributed by atoms with Gasteiger partial charge >= 0.3 is 5.97 Å². The lowest BCUT2D eigenvalue weighted by Gasteiger charge is -2.18. The minimum atomic E-state index is -0.608. The van der Waals surface area contributed by atoms with Crippen LogP contribution in [0.4, 0.5) is 4.39 Å². The third-order valence-corrected chi connectivity index (χ3v) is 5.14. The second-order valence-corrected chi connectivity index (χ2v) is 7.15. The summed E-state index contributed by atoms with van der Waals surface area (Å²) in [6.07, 6.45) is 1.19. The van der Waals surface area contributed by atoms with Gasteiger partial charge in [-0.3, -0.25) is 9.79 Å². The van der Waals surface area contributed by atoms with E-state index in [1.165, 1.54) is 19.2 Å². The first-order chi connectivity index (χ1) is 12.8. The van der Waals surface area contributed by atoms with Gasteiger partial charge in [0, 0.05) is 17.4 Å². The number of rotatable bonds is 7. The maximum atomic E-state index is 14.0. The number of aliphatic imine (C=N–C) groups is 1. The molecule has 0 aliphatic carbocycles. The quantitative estimate of drug-likeness (QED) is 0.564. The summed E-state index contributed by atoms with van der Waals surface area (Å²) < 4.78 is 23.9. The maximum absolute atomic E-state index is 14.0. The zero-order valence-electron chi connectivity index (χ0n) is 15.7. The van der Waals surface area contributed by atoms with Gasteiger partial charge in [-0.05, 0) is 32.0 Å². The lowest BCUT2D eigenvalue weighted by molar-refractivity contribution is -0.137. The minimum absolute atomic E-state index is 0.0688. The number of Topliss-reactive ketones (excluding diaryl/α,β-unsaturated/α-hetero) is 1. The van der Waals surface area contributed by atoms with E-state index in [2.05, 4.69) is 4.99 Å². The van der Waals surface area contributed by atoms with Gasteiger partial charge < -0.3 is 15.2 Å². The van der Waals surface area contributed by atoms with Crippen molar-refractivity contribution in [1.82, 2.24) is 0 Å². The molecule has 0 aromatic heterocycles. The smallest absolute Gasteiger partial charge is 0.344 e. The van der Waals surface area contributed by atoms with Crippen LogP contribution < -0.4 is 10.5 Å². The molecule has 1 aromatic carbocycles. The molecule has 1 heterocycles. The van der Waals surface area contributed by atoms with Crippen molar-refractivity contribution in [1.29, 1.82) is 0 Å². The number of carbonyl (C=O) groups is 2. The van der Waals surface area contributed by atoms with Gasteiger partial charge in [0.15, 0.2) is 17.3 Å². The summed E-state index contributed by atoms with van der Waals surface area (Å²) in [7, 11) is 1.36. The molecule has 0 saturated carbocycles. The number of allylic oxidation sites excluding steroid dienone is 1. The van der Waals surface area contributed by atoms with Gasteiger partial charge in [0.05, 0.1) is 29.8 Å². The van der Waals surface area contributed by atoms with Crippen LogP contribution in [0.3, 0.4) is 0 Å².